The van der Waals surface area contributed by atoms with E-state index in [4.69, 9.17) is 0 Å². The quantitative estimate of drug-likeness (QED) is 0.606. The first kappa shape index (κ1) is 12.8. The highest BCUT2D eigenvalue weighted by Gasteiger charge is 2.15. The van der Waals surface area contributed by atoms with Gasteiger partial charge >= 0.3 is 0 Å². The Balaban J connectivity index is 2.09. The predicted molar refractivity (Wildman–Crippen MR) is 63.3 cm³/mol. The lowest BCUT2D eigenvalue weighted by atomic mass is 10.1. The van der Waals surface area contributed by atoms with Gasteiger partial charge in [0.15, 0.2) is 23.2 Å². The second-order valence-electron chi connectivity index (χ2n) is 3.76. The fourth-order valence-electron chi connectivity index (χ4n) is 1.55. The largest absolute Gasteiger partial charge is 0.294 e. The number of Topliss-reactive ketones (excluding diaryl/α,β-unsaturated/α-hetero) is 1. The van der Waals surface area contributed by atoms with Crippen molar-refractivity contribution in [1.29, 1.82) is 0 Å². The van der Waals surface area contributed by atoms with E-state index in [9.17, 15) is 18.0 Å². The van der Waals surface area contributed by atoms with Crippen LogP contribution in [0.4, 0.5) is 13.2 Å². The van der Waals surface area contributed by atoms with E-state index in [2.05, 4.69) is 0 Å². The molecule has 0 saturated carbocycles. The fourth-order valence-corrected chi connectivity index (χ4v) is 2.26. The Bertz CT molecular complexity index is 541. The van der Waals surface area contributed by atoms with Gasteiger partial charge in [0.05, 0.1) is 0 Å². The summed E-state index contributed by atoms with van der Waals surface area (Å²) in [6.07, 6.45) is 0.655. The molecule has 0 N–H and O–H groups in total. The van der Waals surface area contributed by atoms with Gasteiger partial charge in [0, 0.05) is 16.9 Å². The average Bonchev–Trinajstić information content (AvgIpc) is 2.85. The summed E-state index contributed by atoms with van der Waals surface area (Å²) in [4.78, 5) is 12.7. The minimum atomic E-state index is -1.55. The molecule has 0 fully saturated rings. The van der Waals surface area contributed by atoms with Gasteiger partial charge in [-0.1, -0.05) is 6.07 Å². The van der Waals surface area contributed by atoms with Gasteiger partial charge in [0.1, 0.15) is 0 Å². The van der Waals surface area contributed by atoms with Crippen LogP contribution in [-0.4, -0.2) is 5.78 Å². The highest BCUT2D eigenvalue weighted by molar-refractivity contribution is 7.09. The molecule has 1 aromatic heterocycles. The van der Waals surface area contributed by atoms with Crippen LogP contribution in [0.25, 0.3) is 0 Å². The number of ketones is 1. The molecule has 2 aromatic rings. The first-order chi connectivity index (χ1) is 8.58. The van der Waals surface area contributed by atoms with Gasteiger partial charge in [-0.3, -0.25) is 4.79 Å². The molecule has 1 heterocycles. The first-order valence-corrected chi connectivity index (χ1v) is 6.16. The van der Waals surface area contributed by atoms with Gasteiger partial charge in [0.2, 0.25) is 0 Å². The monoisotopic (exact) mass is 270 g/mol. The van der Waals surface area contributed by atoms with Crippen LogP contribution in [0.5, 0.6) is 0 Å². The van der Waals surface area contributed by atoms with E-state index in [0.29, 0.717) is 6.42 Å². The molecule has 1 nitrogen and oxygen atoms in total. The van der Waals surface area contributed by atoms with Gasteiger partial charge < -0.3 is 0 Å². The maximum atomic E-state index is 12.9. The zero-order valence-electron chi connectivity index (χ0n) is 9.25. The molecule has 18 heavy (non-hydrogen) atoms. The first-order valence-electron chi connectivity index (χ1n) is 5.28. The van der Waals surface area contributed by atoms with Crippen molar-refractivity contribution in [3.05, 3.63) is 57.5 Å². The van der Waals surface area contributed by atoms with Gasteiger partial charge in [-0.15, -0.1) is 11.3 Å². The third-order valence-corrected chi connectivity index (χ3v) is 3.42. The van der Waals surface area contributed by atoms with Gasteiger partial charge in [-0.05, 0) is 30.0 Å². The van der Waals surface area contributed by atoms with Crippen molar-refractivity contribution >= 4 is 17.1 Å². The lowest BCUT2D eigenvalue weighted by Gasteiger charge is -2.02. The van der Waals surface area contributed by atoms with Crippen LogP contribution in [-0.2, 0) is 6.42 Å². The molecule has 0 aliphatic rings. The number of rotatable bonds is 4. The molecule has 0 saturated heterocycles. The molecule has 0 bridgehead atoms. The molecule has 94 valence electrons. The highest BCUT2D eigenvalue weighted by atomic mass is 32.1. The van der Waals surface area contributed by atoms with Crippen molar-refractivity contribution in [3.8, 4) is 0 Å². The van der Waals surface area contributed by atoms with Crippen LogP contribution in [0.15, 0.2) is 29.6 Å². The van der Waals surface area contributed by atoms with E-state index in [-0.39, 0.29) is 12.0 Å². The predicted octanol–water partition coefficient (Wildman–Crippen LogP) is 3.98. The average molecular weight is 270 g/mol. The number of benzene rings is 1. The van der Waals surface area contributed by atoms with Crippen LogP contribution < -0.4 is 0 Å². The molecular weight excluding hydrogens is 261 g/mol. The Kier molecular flexibility index (Phi) is 3.81. The van der Waals surface area contributed by atoms with E-state index in [0.717, 1.165) is 17.0 Å². The summed E-state index contributed by atoms with van der Waals surface area (Å²) in [5.41, 5.74) is -0.136. The summed E-state index contributed by atoms with van der Waals surface area (Å²) in [6, 6.07) is 5.20. The van der Waals surface area contributed by atoms with Crippen LogP contribution >= 0.6 is 11.3 Å². The summed E-state index contributed by atoms with van der Waals surface area (Å²) in [7, 11) is 0. The molecule has 2 rings (SSSR count). The third kappa shape index (κ3) is 2.79. The SMILES string of the molecule is O=C(CCc1cccs1)c1cc(F)c(F)c(F)c1. The standard InChI is InChI=1S/C13H9F3OS/c14-10-6-8(7-11(15)13(10)16)12(17)4-3-9-2-1-5-18-9/h1-2,5-7H,3-4H2. The summed E-state index contributed by atoms with van der Waals surface area (Å²) in [5, 5.41) is 1.89. The topological polar surface area (TPSA) is 17.1 Å². The maximum Gasteiger partial charge on any atom is 0.194 e. The van der Waals surface area contributed by atoms with Crippen LogP contribution in [0.3, 0.4) is 0 Å². The molecular formula is C13H9F3OS. The number of aryl methyl sites for hydroxylation is 1. The number of thiophene rings is 1. The zero-order valence-corrected chi connectivity index (χ0v) is 10.1. The number of carbonyl (C=O) groups is 1. The molecule has 0 spiro atoms. The van der Waals surface area contributed by atoms with Crippen LogP contribution in [0.1, 0.15) is 21.7 Å². The summed E-state index contributed by atoms with van der Waals surface area (Å²) >= 11 is 1.51. The molecule has 0 atom stereocenters. The van der Waals surface area contributed by atoms with Gasteiger partial charge in [0.25, 0.3) is 0 Å². The minimum absolute atomic E-state index is 0.136. The Hall–Kier alpha value is -1.62. The Morgan fingerprint density at radius 2 is 1.83 bits per heavy atom. The van der Waals surface area contributed by atoms with E-state index in [1.165, 1.54) is 11.3 Å². The second-order valence-corrected chi connectivity index (χ2v) is 4.79. The summed E-state index contributed by atoms with van der Waals surface area (Å²) in [6.45, 7) is 0. The highest BCUT2D eigenvalue weighted by Crippen LogP contribution is 2.17. The van der Waals surface area contributed by atoms with Crippen molar-refractivity contribution in [2.75, 3.05) is 0 Å². The molecule has 1 aromatic carbocycles. The van der Waals surface area contributed by atoms with Crippen LogP contribution in [0.2, 0.25) is 0 Å². The zero-order chi connectivity index (χ0) is 13.1. The minimum Gasteiger partial charge on any atom is -0.294 e. The Labute approximate surface area is 106 Å². The van der Waals surface area contributed by atoms with E-state index in [1.54, 1.807) is 0 Å². The number of hydrogen-bond acceptors (Lipinski definition) is 2. The third-order valence-electron chi connectivity index (χ3n) is 2.48. The van der Waals surface area contributed by atoms with Crippen molar-refractivity contribution in [2.24, 2.45) is 0 Å². The summed E-state index contributed by atoms with van der Waals surface area (Å²) < 4.78 is 38.6. The fraction of sp³-hybridized carbons (Fsp3) is 0.154. The van der Waals surface area contributed by atoms with Gasteiger partial charge in [-0.25, -0.2) is 13.2 Å². The van der Waals surface area contributed by atoms with Gasteiger partial charge in [-0.2, -0.15) is 0 Å². The second kappa shape index (κ2) is 5.35. The lowest BCUT2D eigenvalue weighted by molar-refractivity contribution is 0.0982. The normalized spacial score (nSPS) is 10.6. The van der Waals surface area contributed by atoms with Crippen molar-refractivity contribution in [1.82, 2.24) is 0 Å². The lowest BCUT2D eigenvalue weighted by Crippen LogP contribution is -2.04. The molecule has 0 amide bonds. The number of carbonyl (C=O) groups excluding carboxylic acids is 1. The molecule has 0 aliphatic heterocycles. The van der Waals surface area contributed by atoms with Crippen molar-refractivity contribution in [3.63, 3.8) is 0 Å². The van der Waals surface area contributed by atoms with Crippen molar-refractivity contribution in [2.45, 2.75) is 12.8 Å². The Morgan fingerprint density at radius 1 is 1.17 bits per heavy atom. The van der Waals surface area contributed by atoms with Crippen molar-refractivity contribution < 1.29 is 18.0 Å². The smallest absolute Gasteiger partial charge is 0.194 e. The molecule has 5 heteroatoms. The number of halogens is 3. The van der Waals surface area contributed by atoms with E-state index in [1.807, 2.05) is 17.5 Å². The molecule has 0 radical (unpaired) electrons. The maximum absolute atomic E-state index is 12.9. The van der Waals surface area contributed by atoms with Crippen LogP contribution in [0, 0.1) is 17.5 Å². The molecule has 0 aliphatic carbocycles. The van der Waals surface area contributed by atoms with E-state index >= 15 is 0 Å². The summed E-state index contributed by atoms with van der Waals surface area (Å²) in [5.74, 6) is -4.63. The number of hydrogen-bond donors (Lipinski definition) is 0. The van der Waals surface area contributed by atoms with E-state index < -0.39 is 23.2 Å². The molecule has 0 unspecified atom stereocenters. The Morgan fingerprint density at radius 3 is 2.39 bits per heavy atom.